The van der Waals surface area contributed by atoms with E-state index in [1.165, 1.54) is 5.56 Å². The molecule has 20 heavy (non-hydrogen) atoms. The fraction of sp³-hybridized carbons (Fsp3) is 0.647. The van der Waals surface area contributed by atoms with Gasteiger partial charge in [0.1, 0.15) is 5.75 Å². The van der Waals surface area contributed by atoms with Crippen LogP contribution in [-0.2, 0) is 4.74 Å². The first kappa shape index (κ1) is 17.0. The normalized spacial score (nSPS) is 14.3. The zero-order chi connectivity index (χ0) is 15.0. The second-order valence-corrected chi connectivity index (χ2v) is 5.56. The van der Waals surface area contributed by atoms with E-state index in [1.54, 1.807) is 7.11 Å². The summed E-state index contributed by atoms with van der Waals surface area (Å²) in [6.45, 7) is 9.23. The van der Waals surface area contributed by atoms with Gasteiger partial charge in [-0.25, -0.2) is 0 Å². The van der Waals surface area contributed by atoms with Crippen molar-refractivity contribution in [1.29, 1.82) is 0 Å². The van der Waals surface area contributed by atoms with E-state index in [0.717, 1.165) is 25.2 Å². The average Bonchev–Trinajstić information content (AvgIpc) is 2.39. The van der Waals surface area contributed by atoms with Crippen molar-refractivity contribution in [3.8, 4) is 5.75 Å². The van der Waals surface area contributed by atoms with Crippen LogP contribution in [0.3, 0.4) is 0 Å². The number of hydrogen-bond acceptors (Lipinski definition) is 3. The summed E-state index contributed by atoms with van der Waals surface area (Å²) < 4.78 is 10.9. The van der Waals surface area contributed by atoms with E-state index in [2.05, 4.69) is 31.3 Å². The smallest absolute Gasteiger partial charge is 0.119 e. The van der Waals surface area contributed by atoms with Crippen molar-refractivity contribution in [2.75, 3.05) is 13.7 Å². The van der Waals surface area contributed by atoms with Crippen LogP contribution in [0.5, 0.6) is 5.75 Å². The van der Waals surface area contributed by atoms with Gasteiger partial charge in [-0.2, -0.15) is 0 Å². The molecule has 0 bridgehead atoms. The second-order valence-electron chi connectivity index (χ2n) is 5.56. The Morgan fingerprint density at radius 1 is 1.10 bits per heavy atom. The zero-order valence-corrected chi connectivity index (χ0v) is 13.5. The number of ether oxygens (including phenoxy) is 2. The Balaban J connectivity index is 2.59. The summed E-state index contributed by atoms with van der Waals surface area (Å²) in [6, 6.07) is 9.06. The van der Waals surface area contributed by atoms with Crippen LogP contribution in [0.15, 0.2) is 24.3 Å². The molecule has 114 valence electrons. The maximum atomic E-state index is 5.67. The summed E-state index contributed by atoms with van der Waals surface area (Å²) in [5, 5.41) is 3.63. The minimum atomic E-state index is 0.215. The minimum absolute atomic E-state index is 0.215. The van der Waals surface area contributed by atoms with Crippen molar-refractivity contribution in [1.82, 2.24) is 5.32 Å². The maximum absolute atomic E-state index is 5.67. The molecule has 0 aliphatic rings. The van der Waals surface area contributed by atoms with Crippen molar-refractivity contribution < 1.29 is 9.47 Å². The average molecular weight is 279 g/mol. The molecule has 0 aromatic heterocycles. The maximum Gasteiger partial charge on any atom is 0.119 e. The van der Waals surface area contributed by atoms with Gasteiger partial charge < -0.3 is 14.8 Å². The predicted octanol–water partition coefficient (Wildman–Crippen LogP) is 3.94. The van der Waals surface area contributed by atoms with Gasteiger partial charge in [-0.05, 0) is 44.9 Å². The van der Waals surface area contributed by atoms with Crippen LogP contribution in [0.4, 0.5) is 0 Å². The SMILES string of the molecule is CCCC(COC)NC(C)c1ccc(OC(C)C)cc1. The summed E-state index contributed by atoms with van der Waals surface area (Å²) in [7, 11) is 1.76. The third-order valence-electron chi connectivity index (χ3n) is 3.24. The third-order valence-corrected chi connectivity index (χ3v) is 3.24. The van der Waals surface area contributed by atoms with Gasteiger partial charge in [0, 0.05) is 19.2 Å². The fourth-order valence-electron chi connectivity index (χ4n) is 2.32. The Labute approximate surface area is 123 Å². The van der Waals surface area contributed by atoms with Gasteiger partial charge in [-0.15, -0.1) is 0 Å². The largest absolute Gasteiger partial charge is 0.491 e. The first-order valence-corrected chi connectivity index (χ1v) is 7.58. The van der Waals surface area contributed by atoms with Crippen LogP contribution in [0, 0.1) is 0 Å². The molecule has 2 unspecified atom stereocenters. The lowest BCUT2D eigenvalue weighted by atomic mass is 10.1. The molecule has 0 fully saturated rings. The highest BCUT2D eigenvalue weighted by molar-refractivity contribution is 5.29. The third kappa shape index (κ3) is 5.93. The summed E-state index contributed by atoms with van der Waals surface area (Å²) >= 11 is 0. The van der Waals surface area contributed by atoms with Crippen LogP contribution in [0.25, 0.3) is 0 Å². The molecule has 0 radical (unpaired) electrons. The summed E-state index contributed by atoms with van der Waals surface area (Å²) in [5.74, 6) is 0.929. The Hall–Kier alpha value is -1.06. The molecule has 2 atom stereocenters. The Morgan fingerprint density at radius 2 is 1.75 bits per heavy atom. The number of hydrogen-bond donors (Lipinski definition) is 1. The van der Waals surface area contributed by atoms with Gasteiger partial charge in [-0.3, -0.25) is 0 Å². The van der Waals surface area contributed by atoms with Crippen LogP contribution in [-0.4, -0.2) is 25.9 Å². The summed E-state index contributed by atoms with van der Waals surface area (Å²) in [5.41, 5.74) is 1.28. The van der Waals surface area contributed by atoms with E-state index in [9.17, 15) is 0 Å². The Kier molecular flexibility index (Phi) is 7.63. The molecule has 0 aliphatic carbocycles. The van der Waals surface area contributed by atoms with E-state index in [-0.39, 0.29) is 6.10 Å². The van der Waals surface area contributed by atoms with E-state index in [0.29, 0.717) is 12.1 Å². The van der Waals surface area contributed by atoms with Gasteiger partial charge in [0.2, 0.25) is 0 Å². The van der Waals surface area contributed by atoms with Crippen LogP contribution in [0.2, 0.25) is 0 Å². The monoisotopic (exact) mass is 279 g/mol. The van der Waals surface area contributed by atoms with Gasteiger partial charge in [-0.1, -0.05) is 25.5 Å². The van der Waals surface area contributed by atoms with E-state index < -0.39 is 0 Å². The molecule has 0 aliphatic heterocycles. The number of benzene rings is 1. The predicted molar refractivity (Wildman–Crippen MR) is 84.3 cm³/mol. The molecule has 1 aromatic carbocycles. The lowest BCUT2D eigenvalue weighted by Gasteiger charge is -2.23. The van der Waals surface area contributed by atoms with E-state index in [1.807, 2.05) is 26.0 Å². The van der Waals surface area contributed by atoms with Crippen molar-refractivity contribution in [2.24, 2.45) is 0 Å². The van der Waals surface area contributed by atoms with Gasteiger partial charge in [0.05, 0.1) is 12.7 Å². The number of rotatable bonds is 9. The molecule has 1 aromatic rings. The van der Waals surface area contributed by atoms with Gasteiger partial charge in [0.15, 0.2) is 0 Å². The summed E-state index contributed by atoms with van der Waals surface area (Å²) in [6.07, 6.45) is 2.51. The van der Waals surface area contributed by atoms with Crippen molar-refractivity contribution >= 4 is 0 Å². The highest BCUT2D eigenvalue weighted by Crippen LogP contribution is 2.19. The highest BCUT2D eigenvalue weighted by Gasteiger charge is 2.12. The van der Waals surface area contributed by atoms with Crippen LogP contribution in [0.1, 0.15) is 52.1 Å². The van der Waals surface area contributed by atoms with Crippen molar-refractivity contribution in [3.63, 3.8) is 0 Å². The lowest BCUT2D eigenvalue weighted by molar-refractivity contribution is 0.157. The number of nitrogens with one attached hydrogen (secondary N) is 1. The molecule has 0 spiro atoms. The first-order chi connectivity index (χ1) is 9.56. The van der Waals surface area contributed by atoms with Crippen LogP contribution >= 0.6 is 0 Å². The Bertz CT molecular complexity index is 356. The number of methoxy groups -OCH3 is 1. The molecule has 0 heterocycles. The minimum Gasteiger partial charge on any atom is -0.491 e. The molecule has 0 saturated carbocycles. The quantitative estimate of drug-likeness (QED) is 0.742. The molecular weight excluding hydrogens is 250 g/mol. The highest BCUT2D eigenvalue weighted by atomic mass is 16.5. The van der Waals surface area contributed by atoms with E-state index in [4.69, 9.17) is 9.47 Å². The summed E-state index contributed by atoms with van der Waals surface area (Å²) in [4.78, 5) is 0. The van der Waals surface area contributed by atoms with Crippen molar-refractivity contribution in [3.05, 3.63) is 29.8 Å². The van der Waals surface area contributed by atoms with Gasteiger partial charge in [0.25, 0.3) is 0 Å². The fourth-order valence-corrected chi connectivity index (χ4v) is 2.32. The molecule has 1 N–H and O–H groups in total. The topological polar surface area (TPSA) is 30.5 Å². The molecule has 1 rings (SSSR count). The lowest BCUT2D eigenvalue weighted by Crippen LogP contribution is -2.35. The zero-order valence-electron chi connectivity index (χ0n) is 13.5. The molecule has 3 heteroatoms. The molecule has 0 amide bonds. The van der Waals surface area contributed by atoms with Gasteiger partial charge >= 0.3 is 0 Å². The van der Waals surface area contributed by atoms with Crippen molar-refractivity contribution in [2.45, 2.75) is 58.7 Å². The molecular formula is C17H29NO2. The second kappa shape index (κ2) is 8.98. The Morgan fingerprint density at radius 3 is 2.25 bits per heavy atom. The molecule has 0 saturated heterocycles. The van der Waals surface area contributed by atoms with E-state index >= 15 is 0 Å². The molecule has 3 nitrogen and oxygen atoms in total. The first-order valence-electron chi connectivity index (χ1n) is 7.58. The van der Waals surface area contributed by atoms with Crippen LogP contribution < -0.4 is 10.1 Å². The standard InChI is InChI=1S/C17H29NO2/c1-6-7-16(12-19-5)18-14(4)15-8-10-17(11-9-15)20-13(2)3/h8-11,13-14,16,18H,6-7,12H2,1-5H3.